The average Bonchev–Trinajstić information content (AvgIpc) is 2.53. The van der Waals surface area contributed by atoms with Crippen LogP contribution in [-0.2, 0) is 6.42 Å². The summed E-state index contributed by atoms with van der Waals surface area (Å²) in [5.74, 6) is 1.41. The smallest absolute Gasteiger partial charge is 0.161 e. The van der Waals surface area contributed by atoms with Crippen LogP contribution in [0.15, 0.2) is 35.3 Å². The first kappa shape index (κ1) is 14.7. The lowest BCUT2D eigenvalue weighted by molar-refractivity contribution is 0.354. The van der Waals surface area contributed by atoms with Gasteiger partial charge in [0, 0.05) is 28.4 Å². The lowest BCUT2D eigenvalue weighted by atomic mass is 9.92. The Balaban J connectivity index is 2.15. The van der Waals surface area contributed by atoms with Gasteiger partial charge in [-0.25, -0.2) is 0 Å². The Hall–Kier alpha value is -2.20. The SMILES string of the molecule is COc1cc2c(cc1OC)C(c1ccc(Cl)cc1N)=NCC2. The number of methoxy groups -OCH3 is 2. The molecular formula is C17H17ClN2O2. The molecule has 1 heterocycles. The van der Waals surface area contributed by atoms with E-state index >= 15 is 0 Å². The van der Waals surface area contributed by atoms with Crippen LogP contribution in [-0.4, -0.2) is 26.5 Å². The Kier molecular flexibility index (Phi) is 3.94. The van der Waals surface area contributed by atoms with Crippen molar-refractivity contribution >= 4 is 23.0 Å². The molecule has 1 aliphatic rings. The van der Waals surface area contributed by atoms with E-state index in [1.54, 1.807) is 20.3 Å². The molecule has 0 fully saturated rings. The maximum atomic E-state index is 6.11. The maximum Gasteiger partial charge on any atom is 0.161 e. The van der Waals surface area contributed by atoms with Crippen LogP contribution >= 0.6 is 11.6 Å². The summed E-state index contributed by atoms with van der Waals surface area (Å²) in [6, 6.07) is 9.44. The van der Waals surface area contributed by atoms with E-state index in [4.69, 9.17) is 26.8 Å². The van der Waals surface area contributed by atoms with Gasteiger partial charge in [-0.2, -0.15) is 0 Å². The van der Waals surface area contributed by atoms with Crippen molar-refractivity contribution in [1.29, 1.82) is 0 Å². The Morgan fingerprint density at radius 2 is 1.77 bits per heavy atom. The zero-order valence-corrected chi connectivity index (χ0v) is 13.3. The molecule has 114 valence electrons. The molecule has 4 nitrogen and oxygen atoms in total. The van der Waals surface area contributed by atoms with E-state index in [9.17, 15) is 0 Å². The topological polar surface area (TPSA) is 56.8 Å². The molecule has 5 heteroatoms. The van der Waals surface area contributed by atoms with E-state index in [0.717, 1.165) is 35.6 Å². The minimum absolute atomic E-state index is 0.616. The van der Waals surface area contributed by atoms with Gasteiger partial charge >= 0.3 is 0 Å². The van der Waals surface area contributed by atoms with E-state index in [2.05, 4.69) is 4.99 Å². The lowest BCUT2D eigenvalue weighted by Crippen LogP contribution is -2.16. The van der Waals surface area contributed by atoms with E-state index in [-0.39, 0.29) is 0 Å². The van der Waals surface area contributed by atoms with Gasteiger partial charge in [0.1, 0.15) is 0 Å². The van der Waals surface area contributed by atoms with Gasteiger partial charge in [-0.1, -0.05) is 11.6 Å². The highest BCUT2D eigenvalue weighted by atomic mass is 35.5. The number of hydrogen-bond donors (Lipinski definition) is 1. The van der Waals surface area contributed by atoms with Crippen molar-refractivity contribution in [2.45, 2.75) is 6.42 Å². The molecule has 3 rings (SSSR count). The Morgan fingerprint density at radius 1 is 1.05 bits per heavy atom. The van der Waals surface area contributed by atoms with Gasteiger partial charge in [0.15, 0.2) is 11.5 Å². The molecule has 0 amide bonds. The summed E-state index contributed by atoms with van der Waals surface area (Å²) in [7, 11) is 3.26. The van der Waals surface area contributed by atoms with Crippen molar-refractivity contribution in [3.05, 3.63) is 52.0 Å². The summed E-state index contributed by atoms with van der Waals surface area (Å²) in [5.41, 5.74) is 10.7. The number of benzene rings is 2. The third-order valence-electron chi connectivity index (χ3n) is 3.78. The molecule has 2 aromatic rings. The number of halogens is 1. The summed E-state index contributed by atoms with van der Waals surface area (Å²) >= 11 is 5.99. The highest BCUT2D eigenvalue weighted by Crippen LogP contribution is 2.34. The molecule has 1 aliphatic heterocycles. The fourth-order valence-corrected chi connectivity index (χ4v) is 2.88. The van der Waals surface area contributed by atoms with Crippen LogP contribution in [0.1, 0.15) is 16.7 Å². The first-order valence-corrected chi connectivity index (χ1v) is 7.37. The van der Waals surface area contributed by atoms with Crippen molar-refractivity contribution in [2.75, 3.05) is 26.5 Å². The Morgan fingerprint density at radius 3 is 2.45 bits per heavy atom. The van der Waals surface area contributed by atoms with Gasteiger partial charge in [-0.15, -0.1) is 0 Å². The number of nitrogens with zero attached hydrogens (tertiary/aromatic N) is 1. The van der Waals surface area contributed by atoms with Crippen molar-refractivity contribution < 1.29 is 9.47 Å². The average molecular weight is 317 g/mol. The number of aliphatic imine (C=N–C) groups is 1. The molecule has 0 spiro atoms. The monoisotopic (exact) mass is 316 g/mol. The third-order valence-corrected chi connectivity index (χ3v) is 4.02. The van der Waals surface area contributed by atoms with Gasteiger partial charge in [0.05, 0.1) is 19.9 Å². The van der Waals surface area contributed by atoms with E-state index in [0.29, 0.717) is 16.5 Å². The van der Waals surface area contributed by atoms with Crippen molar-refractivity contribution in [3.8, 4) is 11.5 Å². The largest absolute Gasteiger partial charge is 0.493 e. The van der Waals surface area contributed by atoms with Gasteiger partial charge in [0.2, 0.25) is 0 Å². The number of nitrogen functional groups attached to an aromatic ring is 1. The van der Waals surface area contributed by atoms with Crippen LogP contribution in [0, 0.1) is 0 Å². The molecule has 0 saturated heterocycles. The molecule has 0 saturated carbocycles. The van der Waals surface area contributed by atoms with Gasteiger partial charge in [0.25, 0.3) is 0 Å². The predicted molar refractivity (Wildman–Crippen MR) is 89.6 cm³/mol. The first-order valence-electron chi connectivity index (χ1n) is 6.99. The molecular weight excluding hydrogens is 300 g/mol. The summed E-state index contributed by atoms with van der Waals surface area (Å²) in [6.07, 6.45) is 0.868. The summed E-state index contributed by atoms with van der Waals surface area (Å²) in [6.45, 7) is 0.722. The lowest BCUT2D eigenvalue weighted by Gasteiger charge is -2.20. The van der Waals surface area contributed by atoms with E-state index in [1.165, 1.54) is 5.56 Å². The number of rotatable bonds is 3. The van der Waals surface area contributed by atoms with Crippen LogP contribution in [0.25, 0.3) is 0 Å². The Labute approximate surface area is 134 Å². The summed E-state index contributed by atoms with van der Waals surface area (Å²) in [4.78, 5) is 4.66. The second-order valence-electron chi connectivity index (χ2n) is 5.08. The van der Waals surface area contributed by atoms with Crippen molar-refractivity contribution in [1.82, 2.24) is 0 Å². The van der Waals surface area contributed by atoms with Gasteiger partial charge < -0.3 is 15.2 Å². The molecule has 22 heavy (non-hydrogen) atoms. The molecule has 0 unspecified atom stereocenters. The standard InChI is InChI=1S/C17H17ClN2O2/c1-21-15-7-10-5-6-20-17(13(10)9-16(15)22-2)12-4-3-11(18)8-14(12)19/h3-4,7-9H,5-6,19H2,1-2H3. The zero-order chi connectivity index (χ0) is 15.7. The quantitative estimate of drug-likeness (QED) is 0.884. The fraction of sp³-hybridized carbons (Fsp3) is 0.235. The summed E-state index contributed by atoms with van der Waals surface area (Å²) in [5, 5.41) is 0.616. The van der Waals surface area contributed by atoms with Gasteiger partial charge in [-0.3, -0.25) is 4.99 Å². The van der Waals surface area contributed by atoms with Crippen LogP contribution in [0.3, 0.4) is 0 Å². The highest BCUT2D eigenvalue weighted by molar-refractivity contribution is 6.31. The van der Waals surface area contributed by atoms with Crippen LogP contribution in [0.2, 0.25) is 5.02 Å². The molecule has 2 N–H and O–H groups in total. The van der Waals surface area contributed by atoms with Crippen molar-refractivity contribution in [2.24, 2.45) is 4.99 Å². The van der Waals surface area contributed by atoms with E-state index in [1.807, 2.05) is 24.3 Å². The molecule has 0 aromatic heterocycles. The minimum atomic E-state index is 0.616. The number of fused-ring (bicyclic) bond motifs is 1. The second-order valence-corrected chi connectivity index (χ2v) is 5.51. The number of nitrogens with two attached hydrogens (primary N) is 1. The molecule has 0 atom stereocenters. The number of anilines is 1. The second kappa shape index (κ2) is 5.89. The normalized spacial score (nSPS) is 13.3. The molecule has 0 aliphatic carbocycles. The first-order chi connectivity index (χ1) is 10.6. The minimum Gasteiger partial charge on any atom is -0.493 e. The fourth-order valence-electron chi connectivity index (χ4n) is 2.70. The third kappa shape index (κ3) is 2.50. The molecule has 0 radical (unpaired) electrons. The van der Waals surface area contributed by atoms with Gasteiger partial charge in [-0.05, 0) is 42.3 Å². The summed E-state index contributed by atoms with van der Waals surface area (Å²) < 4.78 is 10.8. The highest BCUT2D eigenvalue weighted by Gasteiger charge is 2.21. The van der Waals surface area contributed by atoms with Crippen LogP contribution < -0.4 is 15.2 Å². The van der Waals surface area contributed by atoms with Crippen LogP contribution in [0.4, 0.5) is 5.69 Å². The van der Waals surface area contributed by atoms with Crippen LogP contribution in [0.5, 0.6) is 11.5 Å². The maximum absolute atomic E-state index is 6.11. The number of ether oxygens (including phenoxy) is 2. The number of hydrogen-bond acceptors (Lipinski definition) is 4. The predicted octanol–water partition coefficient (Wildman–Crippen LogP) is 3.33. The molecule has 2 aromatic carbocycles. The molecule has 0 bridgehead atoms. The zero-order valence-electron chi connectivity index (χ0n) is 12.5. The van der Waals surface area contributed by atoms with Crippen molar-refractivity contribution in [3.63, 3.8) is 0 Å². The Bertz CT molecular complexity index is 757. The van der Waals surface area contributed by atoms with E-state index < -0.39 is 0 Å².